The van der Waals surface area contributed by atoms with Crippen molar-refractivity contribution in [2.45, 2.75) is 19.8 Å². The van der Waals surface area contributed by atoms with Crippen molar-refractivity contribution < 1.29 is 19.1 Å². The van der Waals surface area contributed by atoms with E-state index in [2.05, 4.69) is 5.10 Å². The number of hydrogen-bond donors (Lipinski definition) is 1. The first kappa shape index (κ1) is 15.5. The molecule has 8 heteroatoms. The fourth-order valence-electron chi connectivity index (χ4n) is 2.65. The highest BCUT2D eigenvalue weighted by Crippen LogP contribution is 2.24. The van der Waals surface area contributed by atoms with Crippen LogP contribution in [-0.4, -0.2) is 38.2 Å². The fraction of sp³-hybridized carbons (Fsp3) is 0.267. The molecule has 2 heterocycles. The molecule has 3 rings (SSSR count). The van der Waals surface area contributed by atoms with E-state index in [1.165, 1.54) is 9.58 Å². The number of aromatic carboxylic acids is 1. The summed E-state index contributed by atoms with van der Waals surface area (Å²) in [6.07, 6.45) is 0. The van der Waals surface area contributed by atoms with Gasteiger partial charge in [-0.05, 0) is 11.6 Å². The van der Waals surface area contributed by atoms with Gasteiger partial charge in [-0.1, -0.05) is 29.8 Å². The molecule has 0 spiro atoms. The van der Waals surface area contributed by atoms with E-state index in [9.17, 15) is 14.0 Å². The average molecular weight is 338 g/mol. The molecule has 1 aliphatic rings. The number of benzene rings is 1. The van der Waals surface area contributed by atoms with Gasteiger partial charge in [0.25, 0.3) is 5.91 Å². The van der Waals surface area contributed by atoms with E-state index < -0.39 is 24.2 Å². The Bertz CT molecular complexity index is 790. The summed E-state index contributed by atoms with van der Waals surface area (Å²) in [5, 5.41) is 13.5. The van der Waals surface area contributed by atoms with Crippen molar-refractivity contribution in [1.29, 1.82) is 0 Å². The summed E-state index contributed by atoms with van der Waals surface area (Å²) in [7, 11) is 0. The molecule has 2 aromatic rings. The van der Waals surface area contributed by atoms with E-state index in [1.807, 2.05) is 6.07 Å². The molecule has 6 nitrogen and oxygen atoms in total. The topological polar surface area (TPSA) is 75.4 Å². The standard InChI is InChI=1S/C15H13ClFN3O3/c16-11-4-2-1-3-9(11)8-19-5-6-20-13(14(19)21)10(7-17)12(18-20)15(22)23/h1-4H,5-8H2,(H,22,23). The highest BCUT2D eigenvalue weighted by molar-refractivity contribution is 6.31. The molecule has 0 aliphatic carbocycles. The first-order valence-electron chi connectivity index (χ1n) is 6.94. The van der Waals surface area contributed by atoms with Crippen LogP contribution >= 0.6 is 11.6 Å². The summed E-state index contributed by atoms with van der Waals surface area (Å²) in [6.45, 7) is -0.115. The highest BCUT2D eigenvalue weighted by Gasteiger charge is 2.33. The monoisotopic (exact) mass is 337 g/mol. The zero-order chi connectivity index (χ0) is 16.6. The molecule has 1 amide bonds. The second-order valence-corrected chi connectivity index (χ2v) is 5.56. The zero-order valence-corrected chi connectivity index (χ0v) is 12.8. The van der Waals surface area contributed by atoms with E-state index in [0.717, 1.165) is 5.56 Å². The van der Waals surface area contributed by atoms with Crippen molar-refractivity contribution >= 4 is 23.5 Å². The maximum Gasteiger partial charge on any atom is 0.356 e. The molecular formula is C15H13ClFN3O3. The van der Waals surface area contributed by atoms with Crippen LogP contribution in [0.4, 0.5) is 4.39 Å². The number of carboxylic acid groups (broad SMARTS) is 1. The van der Waals surface area contributed by atoms with Crippen molar-refractivity contribution in [3.05, 3.63) is 51.8 Å². The van der Waals surface area contributed by atoms with Crippen LogP contribution in [0.25, 0.3) is 0 Å². The van der Waals surface area contributed by atoms with Crippen LogP contribution in [0.15, 0.2) is 24.3 Å². The smallest absolute Gasteiger partial charge is 0.356 e. The summed E-state index contributed by atoms with van der Waals surface area (Å²) in [6, 6.07) is 7.14. The van der Waals surface area contributed by atoms with Crippen LogP contribution in [0.2, 0.25) is 5.02 Å². The SMILES string of the molecule is O=C(O)c1nn2c(c1CF)C(=O)N(Cc1ccccc1Cl)CC2. The second kappa shape index (κ2) is 6.00. The number of amides is 1. The third kappa shape index (κ3) is 2.68. The molecule has 1 aromatic heterocycles. The number of carbonyl (C=O) groups excluding carboxylic acids is 1. The third-order valence-corrected chi connectivity index (χ3v) is 4.15. The minimum Gasteiger partial charge on any atom is -0.476 e. The van der Waals surface area contributed by atoms with Gasteiger partial charge in [-0.25, -0.2) is 9.18 Å². The lowest BCUT2D eigenvalue weighted by atomic mass is 10.1. The Morgan fingerprint density at radius 3 is 2.74 bits per heavy atom. The molecule has 23 heavy (non-hydrogen) atoms. The Kier molecular flexibility index (Phi) is 4.04. The average Bonchev–Trinajstić information content (AvgIpc) is 2.91. The number of fused-ring (bicyclic) bond motifs is 1. The minimum absolute atomic E-state index is 0.00297. The minimum atomic E-state index is -1.34. The van der Waals surface area contributed by atoms with E-state index in [0.29, 0.717) is 18.1 Å². The molecule has 0 atom stereocenters. The molecule has 120 valence electrons. The van der Waals surface area contributed by atoms with Gasteiger partial charge in [-0.15, -0.1) is 0 Å². The van der Waals surface area contributed by atoms with Crippen LogP contribution in [0, 0.1) is 0 Å². The maximum absolute atomic E-state index is 13.3. The molecular weight excluding hydrogens is 325 g/mol. The van der Waals surface area contributed by atoms with Gasteiger partial charge in [-0.2, -0.15) is 5.10 Å². The van der Waals surface area contributed by atoms with Gasteiger partial charge < -0.3 is 10.0 Å². The summed E-state index contributed by atoms with van der Waals surface area (Å²) in [5.74, 6) is -1.78. The number of alkyl halides is 1. The van der Waals surface area contributed by atoms with Gasteiger partial charge >= 0.3 is 5.97 Å². The Hall–Kier alpha value is -2.41. The first-order valence-corrected chi connectivity index (χ1v) is 7.32. The van der Waals surface area contributed by atoms with Crippen molar-refractivity contribution in [3.8, 4) is 0 Å². The number of nitrogens with zero attached hydrogens (tertiary/aromatic N) is 3. The van der Waals surface area contributed by atoms with Crippen molar-refractivity contribution in [2.75, 3.05) is 6.54 Å². The van der Waals surface area contributed by atoms with Gasteiger partial charge in [0.05, 0.1) is 6.54 Å². The molecule has 0 bridgehead atoms. The van der Waals surface area contributed by atoms with Gasteiger partial charge in [0, 0.05) is 23.7 Å². The summed E-state index contributed by atoms with van der Waals surface area (Å²) < 4.78 is 14.5. The first-order chi connectivity index (χ1) is 11.0. The molecule has 1 aliphatic heterocycles. The fourth-order valence-corrected chi connectivity index (χ4v) is 2.84. The lowest BCUT2D eigenvalue weighted by molar-refractivity contribution is 0.0670. The van der Waals surface area contributed by atoms with E-state index in [1.54, 1.807) is 18.2 Å². The molecule has 0 fully saturated rings. The van der Waals surface area contributed by atoms with Crippen LogP contribution in [0.3, 0.4) is 0 Å². The highest BCUT2D eigenvalue weighted by atomic mass is 35.5. The van der Waals surface area contributed by atoms with E-state index in [-0.39, 0.29) is 17.8 Å². The Morgan fingerprint density at radius 1 is 1.35 bits per heavy atom. The molecule has 1 aromatic carbocycles. The Labute approximate surface area is 136 Å². The quantitative estimate of drug-likeness (QED) is 0.929. The maximum atomic E-state index is 13.3. The zero-order valence-electron chi connectivity index (χ0n) is 12.0. The van der Waals surface area contributed by atoms with Gasteiger partial charge in [0.15, 0.2) is 5.69 Å². The third-order valence-electron chi connectivity index (χ3n) is 3.78. The van der Waals surface area contributed by atoms with Crippen molar-refractivity contribution in [3.63, 3.8) is 0 Å². The number of halogens is 2. The summed E-state index contributed by atoms with van der Waals surface area (Å²) >= 11 is 6.10. The summed E-state index contributed by atoms with van der Waals surface area (Å²) in [5.41, 5.74) is 0.195. The Balaban J connectivity index is 1.94. The second-order valence-electron chi connectivity index (χ2n) is 5.16. The molecule has 0 saturated carbocycles. The number of hydrogen-bond acceptors (Lipinski definition) is 3. The Morgan fingerprint density at radius 2 is 2.09 bits per heavy atom. The van der Waals surface area contributed by atoms with Gasteiger partial charge in [0.1, 0.15) is 12.4 Å². The lowest BCUT2D eigenvalue weighted by Crippen LogP contribution is -2.40. The lowest BCUT2D eigenvalue weighted by Gasteiger charge is -2.28. The molecule has 0 radical (unpaired) electrons. The number of carbonyl (C=O) groups is 2. The van der Waals surface area contributed by atoms with Gasteiger partial charge in [0.2, 0.25) is 0 Å². The molecule has 0 saturated heterocycles. The predicted molar refractivity (Wildman–Crippen MR) is 80.2 cm³/mol. The predicted octanol–water partition coefficient (Wildman–Crippen LogP) is 2.36. The number of aromatic nitrogens is 2. The van der Waals surface area contributed by atoms with E-state index in [4.69, 9.17) is 16.7 Å². The van der Waals surface area contributed by atoms with Crippen molar-refractivity contribution in [1.82, 2.24) is 14.7 Å². The normalized spacial score (nSPS) is 14.0. The largest absolute Gasteiger partial charge is 0.476 e. The summed E-state index contributed by atoms with van der Waals surface area (Å²) in [4.78, 5) is 25.3. The number of rotatable bonds is 4. The van der Waals surface area contributed by atoms with Gasteiger partial charge in [-0.3, -0.25) is 9.48 Å². The van der Waals surface area contributed by atoms with Crippen molar-refractivity contribution in [2.24, 2.45) is 0 Å². The molecule has 0 unspecified atom stereocenters. The van der Waals surface area contributed by atoms with Crippen LogP contribution in [0.5, 0.6) is 0 Å². The van der Waals surface area contributed by atoms with Crippen LogP contribution in [-0.2, 0) is 19.8 Å². The molecule has 1 N–H and O–H groups in total. The van der Waals surface area contributed by atoms with E-state index >= 15 is 0 Å². The van der Waals surface area contributed by atoms with Crippen LogP contribution < -0.4 is 0 Å². The van der Waals surface area contributed by atoms with Crippen LogP contribution in [0.1, 0.15) is 32.1 Å². The number of carboxylic acids is 1.